The van der Waals surface area contributed by atoms with Crippen molar-refractivity contribution in [2.45, 2.75) is 12.8 Å². The van der Waals surface area contributed by atoms with E-state index < -0.39 is 4.92 Å². The van der Waals surface area contributed by atoms with E-state index >= 15 is 0 Å². The van der Waals surface area contributed by atoms with Crippen molar-refractivity contribution in [2.24, 2.45) is 0 Å². The third-order valence-corrected chi connectivity index (χ3v) is 3.24. The van der Waals surface area contributed by atoms with Crippen molar-refractivity contribution in [3.8, 4) is 11.6 Å². The molecule has 20 heavy (non-hydrogen) atoms. The second-order valence-electron chi connectivity index (χ2n) is 3.84. The van der Waals surface area contributed by atoms with Gasteiger partial charge in [0.1, 0.15) is 17.2 Å². The first-order chi connectivity index (χ1) is 9.54. The number of alkyl halides is 1. The quantitative estimate of drug-likeness (QED) is 0.370. The van der Waals surface area contributed by atoms with E-state index in [1.807, 2.05) is 0 Å². The van der Waals surface area contributed by atoms with Gasteiger partial charge in [-0.1, -0.05) is 17.7 Å². The highest BCUT2D eigenvalue weighted by molar-refractivity contribution is 6.31. The smallest absolute Gasteiger partial charge is 0.276 e. The van der Waals surface area contributed by atoms with E-state index in [2.05, 4.69) is 9.97 Å². The van der Waals surface area contributed by atoms with Crippen molar-refractivity contribution >= 4 is 28.9 Å². The zero-order valence-corrected chi connectivity index (χ0v) is 11.9. The summed E-state index contributed by atoms with van der Waals surface area (Å²) in [6.45, 7) is 1.59. The van der Waals surface area contributed by atoms with Gasteiger partial charge in [-0.15, -0.1) is 11.6 Å². The maximum Gasteiger partial charge on any atom is 0.276 e. The van der Waals surface area contributed by atoms with Crippen LogP contribution in [0.2, 0.25) is 5.15 Å². The predicted molar refractivity (Wildman–Crippen MR) is 74.5 cm³/mol. The van der Waals surface area contributed by atoms with Gasteiger partial charge in [0, 0.05) is 6.07 Å². The van der Waals surface area contributed by atoms with Gasteiger partial charge in [-0.05, 0) is 13.0 Å². The number of benzene rings is 1. The van der Waals surface area contributed by atoms with Gasteiger partial charge in [-0.25, -0.2) is 9.97 Å². The summed E-state index contributed by atoms with van der Waals surface area (Å²) in [4.78, 5) is 18.2. The van der Waals surface area contributed by atoms with E-state index in [1.54, 1.807) is 13.0 Å². The van der Waals surface area contributed by atoms with E-state index in [9.17, 15) is 10.1 Å². The Morgan fingerprint density at radius 1 is 1.40 bits per heavy atom. The molecule has 6 nitrogen and oxygen atoms in total. The topological polar surface area (TPSA) is 78.2 Å². The monoisotopic (exact) mass is 313 g/mol. The van der Waals surface area contributed by atoms with E-state index in [1.165, 1.54) is 18.5 Å². The Kier molecular flexibility index (Phi) is 4.36. The van der Waals surface area contributed by atoms with E-state index in [0.717, 1.165) is 0 Å². The molecule has 0 saturated heterocycles. The van der Waals surface area contributed by atoms with E-state index in [0.29, 0.717) is 16.9 Å². The summed E-state index contributed by atoms with van der Waals surface area (Å²) in [5.74, 6) is 0.576. The van der Waals surface area contributed by atoms with Gasteiger partial charge in [0.15, 0.2) is 0 Å². The molecule has 0 aliphatic heterocycles. The molecule has 0 aliphatic rings. The van der Waals surface area contributed by atoms with Crippen LogP contribution in [-0.2, 0) is 5.88 Å². The highest BCUT2D eigenvalue weighted by Crippen LogP contribution is 2.33. The minimum atomic E-state index is -0.475. The number of nitro benzene ring substituents is 1. The average Bonchev–Trinajstić information content (AvgIpc) is 2.41. The molecule has 0 fully saturated rings. The Hall–Kier alpha value is -1.92. The highest BCUT2D eigenvalue weighted by Gasteiger charge is 2.17. The fourth-order valence-electron chi connectivity index (χ4n) is 1.59. The first kappa shape index (κ1) is 14.5. The molecule has 8 heteroatoms. The molecule has 0 saturated carbocycles. The Labute approximate surface area is 124 Å². The standard InChI is InChI=1S/C12H9Cl2N3O3/c1-7-9(17(18)19)3-2-4-10(7)20-12-8(5-13)11(14)15-6-16-12/h2-4,6H,5H2,1H3. The van der Waals surface area contributed by atoms with Crippen molar-refractivity contribution in [1.29, 1.82) is 0 Å². The Morgan fingerprint density at radius 2 is 2.15 bits per heavy atom. The Morgan fingerprint density at radius 3 is 2.80 bits per heavy atom. The molecule has 0 radical (unpaired) electrons. The molecule has 0 bridgehead atoms. The van der Waals surface area contributed by atoms with Crippen LogP contribution in [0.5, 0.6) is 11.6 Å². The second kappa shape index (κ2) is 6.02. The maximum atomic E-state index is 10.9. The van der Waals surface area contributed by atoms with Crippen LogP contribution in [0.3, 0.4) is 0 Å². The lowest BCUT2D eigenvalue weighted by Gasteiger charge is -2.10. The number of hydrogen-bond donors (Lipinski definition) is 0. The summed E-state index contributed by atoms with van der Waals surface area (Å²) in [6, 6.07) is 4.54. The highest BCUT2D eigenvalue weighted by atomic mass is 35.5. The molecule has 1 aromatic heterocycles. The van der Waals surface area contributed by atoms with Crippen LogP contribution in [0.25, 0.3) is 0 Å². The predicted octanol–water partition coefficient (Wildman–Crippen LogP) is 3.88. The molecule has 0 amide bonds. The fraction of sp³-hybridized carbons (Fsp3) is 0.167. The summed E-state index contributed by atoms with van der Waals surface area (Å²) in [5, 5.41) is 11.1. The van der Waals surface area contributed by atoms with Crippen molar-refractivity contribution < 1.29 is 9.66 Å². The minimum absolute atomic E-state index is 0.0323. The van der Waals surface area contributed by atoms with Gasteiger partial charge in [0.2, 0.25) is 5.88 Å². The molecule has 104 valence electrons. The summed E-state index contributed by atoms with van der Waals surface area (Å²) in [6.07, 6.45) is 1.24. The van der Waals surface area contributed by atoms with Crippen molar-refractivity contribution in [1.82, 2.24) is 9.97 Å². The lowest BCUT2D eigenvalue weighted by Crippen LogP contribution is -1.99. The molecule has 2 rings (SSSR count). The zero-order chi connectivity index (χ0) is 14.7. The van der Waals surface area contributed by atoms with Crippen LogP contribution in [0.4, 0.5) is 5.69 Å². The molecule has 0 aliphatic carbocycles. The Balaban J connectivity index is 2.43. The lowest BCUT2D eigenvalue weighted by atomic mass is 10.2. The molecular weight excluding hydrogens is 305 g/mol. The van der Waals surface area contributed by atoms with Gasteiger partial charge in [-0.3, -0.25) is 10.1 Å². The maximum absolute atomic E-state index is 10.9. The molecule has 2 aromatic rings. The largest absolute Gasteiger partial charge is 0.438 e. The van der Waals surface area contributed by atoms with Crippen molar-refractivity contribution in [2.75, 3.05) is 0 Å². The van der Waals surface area contributed by atoms with Gasteiger partial charge in [-0.2, -0.15) is 0 Å². The first-order valence-electron chi connectivity index (χ1n) is 5.51. The fourth-order valence-corrected chi connectivity index (χ4v) is 2.09. The summed E-state index contributed by atoms with van der Waals surface area (Å²) in [5.41, 5.74) is 0.796. The van der Waals surface area contributed by atoms with Gasteiger partial charge >= 0.3 is 0 Å². The van der Waals surface area contributed by atoms with E-state index in [-0.39, 0.29) is 22.6 Å². The van der Waals surface area contributed by atoms with Crippen LogP contribution < -0.4 is 4.74 Å². The number of aromatic nitrogens is 2. The van der Waals surface area contributed by atoms with Crippen LogP contribution in [-0.4, -0.2) is 14.9 Å². The molecule has 0 unspecified atom stereocenters. The normalized spacial score (nSPS) is 10.3. The number of ether oxygens (including phenoxy) is 1. The molecular formula is C12H9Cl2N3O3. The summed E-state index contributed by atoms with van der Waals surface area (Å²) >= 11 is 11.7. The Bertz CT molecular complexity index is 664. The van der Waals surface area contributed by atoms with Crippen molar-refractivity contribution in [3.05, 3.63) is 50.9 Å². The number of halogens is 2. The van der Waals surface area contributed by atoms with Gasteiger partial charge in [0.05, 0.1) is 21.9 Å². The zero-order valence-electron chi connectivity index (χ0n) is 10.3. The number of hydrogen-bond acceptors (Lipinski definition) is 5. The second-order valence-corrected chi connectivity index (χ2v) is 4.47. The van der Waals surface area contributed by atoms with Gasteiger partial charge in [0.25, 0.3) is 5.69 Å². The number of rotatable bonds is 4. The first-order valence-corrected chi connectivity index (χ1v) is 6.43. The molecule has 1 heterocycles. The third kappa shape index (κ3) is 2.81. The van der Waals surface area contributed by atoms with Crippen LogP contribution in [0.1, 0.15) is 11.1 Å². The summed E-state index contributed by atoms with van der Waals surface area (Å²) < 4.78 is 5.58. The SMILES string of the molecule is Cc1c(Oc2ncnc(Cl)c2CCl)cccc1[N+](=O)[O-]. The summed E-state index contributed by atoms with van der Waals surface area (Å²) in [7, 11) is 0. The van der Waals surface area contributed by atoms with E-state index in [4.69, 9.17) is 27.9 Å². The molecule has 0 spiro atoms. The minimum Gasteiger partial charge on any atom is -0.438 e. The van der Waals surface area contributed by atoms with Crippen molar-refractivity contribution in [3.63, 3.8) is 0 Å². The average molecular weight is 314 g/mol. The number of nitrogens with zero attached hydrogens (tertiary/aromatic N) is 3. The van der Waals surface area contributed by atoms with Gasteiger partial charge < -0.3 is 4.74 Å². The third-order valence-electron chi connectivity index (χ3n) is 2.65. The van der Waals surface area contributed by atoms with Crippen LogP contribution in [0, 0.1) is 17.0 Å². The molecule has 0 atom stereocenters. The number of nitro groups is 1. The van der Waals surface area contributed by atoms with Crippen LogP contribution in [0.15, 0.2) is 24.5 Å². The van der Waals surface area contributed by atoms with Crippen LogP contribution >= 0.6 is 23.2 Å². The lowest BCUT2D eigenvalue weighted by molar-refractivity contribution is -0.385. The molecule has 1 aromatic carbocycles. The molecule has 0 N–H and O–H groups in total.